The van der Waals surface area contributed by atoms with Crippen LogP contribution in [-0.2, 0) is 0 Å². The van der Waals surface area contributed by atoms with E-state index in [1.165, 1.54) is 12.8 Å². The van der Waals surface area contributed by atoms with Crippen LogP contribution in [0.4, 0.5) is 0 Å². The van der Waals surface area contributed by atoms with Gasteiger partial charge in [0.15, 0.2) is 0 Å². The molecule has 0 unspecified atom stereocenters. The van der Waals surface area contributed by atoms with Crippen molar-refractivity contribution in [1.82, 2.24) is 5.32 Å². The van der Waals surface area contributed by atoms with Crippen LogP contribution in [0.2, 0.25) is 10.0 Å². The minimum atomic E-state index is 0.309. The Bertz CT molecular complexity index is 553. The van der Waals surface area contributed by atoms with Crippen LogP contribution in [0.5, 0.6) is 0 Å². The number of rotatable bonds is 2. The summed E-state index contributed by atoms with van der Waals surface area (Å²) in [7, 11) is 0. The van der Waals surface area contributed by atoms with Gasteiger partial charge in [0.05, 0.1) is 21.7 Å². The lowest BCUT2D eigenvalue weighted by Crippen LogP contribution is -2.26. The van der Waals surface area contributed by atoms with Gasteiger partial charge in [-0.3, -0.25) is 0 Å². The van der Waals surface area contributed by atoms with E-state index in [0.29, 0.717) is 16.1 Å². The van der Waals surface area contributed by atoms with Gasteiger partial charge in [0.1, 0.15) is 11.5 Å². The number of piperidine rings is 1. The fourth-order valence-electron chi connectivity index (χ4n) is 2.50. The Morgan fingerprint density at radius 2 is 1.84 bits per heavy atom. The van der Waals surface area contributed by atoms with Gasteiger partial charge < -0.3 is 9.73 Å². The fraction of sp³-hybridized carbons (Fsp3) is 0.333. The molecule has 3 rings (SSSR count). The quantitative estimate of drug-likeness (QED) is 0.837. The zero-order valence-corrected chi connectivity index (χ0v) is 12.0. The maximum Gasteiger partial charge on any atom is 0.137 e. The Morgan fingerprint density at radius 3 is 2.53 bits per heavy atom. The van der Waals surface area contributed by atoms with Crippen molar-refractivity contribution in [3.63, 3.8) is 0 Å². The molecule has 1 N–H and O–H groups in total. The fourth-order valence-corrected chi connectivity index (χ4v) is 3.09. The first kappa shape index (κ1) is 13.0. The molecule has 0 spiro atoms. The van der Waals surface area contributed by atoms with Gasteiger partial charge in [-0.25, -0.2) is 0 Å². The maximum absolute atomic E-state index is 6.20. The molecule has 0 radical (unpaired) electrons. The first-order valence-electron chi connectivity index (χ1n) is 6.53. The van der Waals surface area contributed by atoms with Crippen LogP contribution in [-0.4, -0.2) is 6.54 Å². The Labute approximate surface area is 122 Å². The highest BCUT2D eigenvalue weighted by Crippen LogP contribution is 2.37. The molecular formula is C15H15Cl2NO. The van der Waals surface area contributed by atoms with Gasteiger partial charge in [0, 0.05) is 0 Å². The molecule has 2 heterocycles. The third-order valence-corrected chi connectivity index (χ3v) is 4.12. The zero-order chi connectivity index (χ0) is 13.2. The predicted octanol–water partition coefficient (Wildman–Crippen LogP) is 5.07. The van der Waals surface area contributed by atoms with Gasteiger partial charge in [-0.2, -0.15) is 0 Å². The summed E-state index contributed by atoms with van der Waals surface area (Å²) < 4.78 is 5.94. The van der Waals surface area contributed by atoms with E-state index >= 15 is 0 Å². The lowest BCUT2D eigenvalue weighted by atomic mass is 10.0. The summed E-state index contributed by atoms with van der Waals surface area (Å²) in [5, 5.41) is 4.70. The summed E-state index contributed by atoms with van der Waals surface area (Å²) in [5.74, 6) is 1.70. The third kappa shape index (κ3) is 2.66. The average Bonchev–Trinajstić information content (AvgIpc) is 2.89. The Morgan fingerprint density at radius 1 is 1.05 bits per heavy atom. The molecule has 1 fully saturated rings. The van der Waals surface area contributed by atoms with Gasteiger partial charge in [-0.1, -0.05) is 35.7 Å². The summed E-state index contributed by atoms with van der Waals surface area (Å²) in [5.41, 5.74) is 0.771. The zero-order valence-electron chi connectivity index (χ0n) is 10.5. The predicted molar refractivity (Wildman–Crippen MR) is 78.8 cm³/mol. The van der Waals surface area contributed by atoms with E-state index in [-0.39, 0.29) is 0 Å². The number of hydrogen-bond acceptors (Lipinski definition) is 2. The smallest absolute Gasteiger partial charge is 0.137 e. The van der Waals surface area contributed by atoms with E-state index in [1.807, 2.05) is 30.3 Å². The molecule has 1 aliphatic rings. The summed E-state index contributed by atoms with van der Waals surface area (Å²) in [6.45, 7) is 1.05. The molecule has 19 heavy (non-hydrogen) atoms. The second-order valence-electron chi connectivity index (χ2n) is 4.80. The van der Waals surface area contributed by atoms with E-state index in [1.54, 1.807) is 0 Å². The third-order valence-electron chi connectivity index (χ3n) is 3.49. The first-order valence-corrected chi connectivity index (χ1v) is 7.29. The minimum Gasteiger partial charge on any atom is -0.459 e. The Hall–Kier alpha value is -0.960. The van der Waals surface area contributed by atoms with Crippen LogP contribution in [0.25, 0.3) is 11.3 Å². The molecule has 1 aromatic carbocycles. The van der Waals surface area contributed by atoms with Crippen molar-refractivity contribution in [3.8, 4) is 11.3 Å². The van der Waals surface area contributed by atoms with Crippen molar-refractivity contribution in [3.05, 3.63) is 46.1 Å². The van der Waals surface area contributed by atoms with Gasteiger partial charge in [-0.05, 0) is 43.7 Å². The summed E-state index contributed by atoms with van der Waals surface area (Å²) in [4.78, 5) is 0. The van der Waals surface area contributed by atoms with Crippen molar-refractivity contribution >= 4 is 23.2 Å². The van der Waals surface area contributed by atoms with E-state index < -0.39 is 0 Å². The minimum absolute atomic E-state index is 0.309. The van der Waals surface area contributed by atoms with Crippen molar-refractivity contribution in [2.45, 2.75) is 25.3 Å². The molecule has 4 heteroatoms. The first-order chi connectivity index (χ1) is 9.25. The van der Waals surface area contributed by atoms with Gasteiger partial charge in [-0.15, -0.1) is 0 Å². The Balaban J connectivity index is 1.92. The summed E-state index contributed by atoms with van der Waals surface area (Å²) in [6, 6.07) is 9.74. The summed E-state index contributed by atoms with van der Waals surface area (Å²) in [6.07, 6.45) is 3.59. The molecule has 1 aliphatic heterocycles. The topological polar surface area (TPSA) is 25.2 Å². The second kappa shape index (κ2) is 5.58. The number of benzene rings is 1. The van der Waals surface area contributed by atoms with Crippen LogP contribution in [0.3, 0.4) is 0 Å². The lowest BCUT2D eigenvalue weighted by molar-refractivity contribution is 0.353. The van der Waals surface area contributed by atoms with E-state index in [4.69, 9.17) is 27.6 Å². The normalized spacial score (nSPS) is 19.6. The molecule has 100 valence electrons. The summed E-state index contributed by atoms with van der Waals surface area (Å²) >= 11 is 12.4. The molecular weight excluding hydrogens is 281 g/mol. The van der Waals surface area contributed by atoms with E-state index in [0.717, 1.165) is 30.0 Å². The standard InChI is InChI=1S/C15H15Cl2NO/c16-10-4-3-5-11(17)15(10)14-8-7-13(19-14)12-6-1-2-9-18-12/h3-5,7-8,12,18H,1-2,6,9H2/t12-/m1/s1. The molecule has 0 amide bonds. The molecule has 0 aliphatic carbocycles. The molecule has 1 aromatic heterocycles. The van der Waals surface area contributed by atoms with Crippen molar-refractivity contribution < 1.29 is 4.42 Å². The van der Waals surface area contributed by atoms with Crippen LogP contribution in [0.15, 0.2) is 34.7 Å². The molecule has 2 nitrogen and oxygen atoms in total. The van der Waals surface area contributed by atoms with Crippen LogP contribution in [0, 0.1) is 0 Å². The van der Waals surface area contributed by atoms with Crippen molar-refractivity contribution in [2.24, 2.45) is 0 Å². The largest absolute Gasteiger partial charge is 0.459 e. The van der Waals surface area contributed by atoms with Gasteiger partial charge in [0.2, 0.25) is 0 Å². The Kier molecular flexibility index (Phi) is 3.83. The highest BCUT2D eigenvalue weighted by molar-refractivity contribution is 6.39. The van der Waals surface area contributed by atoms with E-state index in [2.05, 4.69) is 5.32 Å². The SMILES string of the molecule is Clc1cccc(Cl)c1-c1ccc([C@H]2CCCCN2)o1. The van der Waals surface area contributed by atoms with Crippen LogP contribution in [0.1, 0.15) is 31.1 Å². The molecule has 1 saturated heterocycles. The monoisotopic (exact) mass is 295 g/mol. The number of hydrogen-bond donors (Lipinski definition) is 1. The molecule has 2 aromatic rings. The van der Waals surface area contributed by atoms with Gasteiger partial charge in [0.25, 0.3) is 0 Å². The van der Waals surface area contributed by atoms with Gasteiger partial charge >= 0.3 is 0 Å². The lowest BCUT2D eigenvalue weighted by Gasteiger charge is -2.21. The molecule has 0 bridgehead atoms. The number of halogens is 2. The number of furan rings is 1. The van der Waals surface area contributed by atoms with Crippen LogP contribution >= 0.6 is 23.2 Å². The second-order valence-corrected chi connectivity index (χ2v) is 5.62. The molecule has 0 saturated carbocycles. The maximum atomic E-state index is 6.20. The highest BCUT2D eigenvalue weighted by Gasteiger charge is 2.19. The van der Waals surface area contributed by atoms with Crippen molar-refractivity contribution in [2.75, 3.05) is 6.54 Å². The average molecular weight is 296 g/mol. The number of nitrogens with one attached hydrogen (secondary N) is 1. The van der Waals surface area contributed by atoms with E-state index in [9.17, 15) is 0 Å². The molecule has 1 atom stereocenters. The van der Waals surface area contributed by atoms with Crippen molar-refractivity contribution in [1.29, 1.82) is 0 Å². The highest BCUT2D eigenvalue weighted by atomic mass is 35.5. The van der Waals surface area contributed by atoms with Crippen LogP contribution < -0.4 is 5.32 Å².